The van der Waals surface area contributed by atoms with Gasteiger partial charge in [-0.2, -0.15) is 5.26 Å². The summed E-state index contributed by atoms with van der Waals surface area (Å²) in [5.41, 5.74) is 3.97. The molecule has 5 rings (SSSR count). The molecule has 3 nitrogen and oxygen atoms in total. The number of imidazole rings is 1. The van der Waals surface area contributed by atoms with E-state index >= 15 is 0 Å². The molecular formula is C26H21N3. The molecule has 3 heteroatoms. The van der Waals surface area contributed by atoms with Crippen molar-refractivity contribution in [2.75, 3.05) is 0 Å². The van der Waals surface area contributed by atoms with Crippen LogP contribution >= 0.6 is 0 Å². The fourth-order valence-electron chi connectivity index (χ4n) is 4.37. The summed E-state index contributed by atoms with van der Waals surface area (Å²) in [5.74, 6) is 1.25. The highest BCUT2D eigenvalue weighted by Crippen LogP contribution is 2.48. The molecule has 0 aliphatic heterocycles. The first-order chi connectivity index (χ1) is 14.3. The Balaban J connectivity index is 1.78. The molecule has 2 unspecified atom stereocenters. The predicted molar refractivity (Wildman–Crippen MR) is 113 cm³/mol. The van der Waals surface area contributed by atoms with Crippen LogP contribution in [-0.4, -0.2) is 9.97 Å². The second-order valence-electron chi connectivity index (χ2n) is 7.61. The third-order valence-corrected chi connectivity index (χ3v) is 5.93. The van der Waals surface area contributed by atoms with Crippen molar-refractivity contribution in [3.8, 4) is 6.07 Å². The zero-order chi connectivity index (χ0) is 19.7. The van der Waals surface area contributed by atoms with E-state index in [0.29, 0.717) is 0 Å². The second kappa shape index (κ2) is 7.07. The Morgan fingerprint density at radius 3 is 1.69 bits per heavy atom. The second-order valence-corrected chi connectivity index (χ2v) is 7.61. The van der Waals surface area contributed by atoms with Gasteiger partial charge < -0.3 is 4.98 Å². The summed E-state index contributed by atoms with van der Waals surface area (Å²) in [7, 11) is 0. The first kappa shape index (κ1) is 17.5. The van der Waals surface area contributed by atoms with Gasteiger partial charge in [-0.3, -0.25) is 0 Å². The molecular weight excluding hydrogens is 354 g/mol. The van der Waals surface area contributed by atoms with Crippen LogP contribution in [0.25, 0.3) is 0 Å². The normalized spacial score (nSPS) is 18.2. The molecule has 1 aromatic heterocycles. The molecule has 0 bridgehead atoms. The maximum absolute atomic E-state index is 9.25. The van der Waals surface area contributed by atoms with E-state index in [1.807, 2.05) is 24.4 Å². The van der Waals surface area contributed by atoms with Gasteiger partial charge in [-0.1, -0.05) is 91.0 Å². The highest BCUT2D eigenvalue weighted by atomic mass is 15.0. The van der Waals surface area contributed by atoms with Crippen LogP contribution < -0.4 is 0 Å². The van der Waals surface area contributed by atoms with E-state index in [4.69, 9.17) is 4.98 Å². The van der Waals surface area contributed by atoms with E-state index in [2.05, 4.69) is 83.8 Å². The molecule has 0 amide bonds. The Hall–Kier alpha value is -3.64. The van der Waals surface area contributed by atoms with Crippen molar-refractivity contribution in [1.82, 2.24) is 9.97 Å². The van der Waals surface area contributed by atoms with Crippen molar-refractivity contribution >= 4 is 0 Å². The molecule has 1 heterocycles. The van der Waals surface area contributed by atoms with Gasteiger partial charge in [0, 0.05) is 17.8 Å². The van der Waals surface area contributed by atoms with Gasteiger partial charge in [0.1, 0.15) is 11.2 Å². The Bertz CT molecular complexity index is 1040. The van der Waals surface area contributed by atoms with E-state index < -0.39 is 5.41 Å². The van der Waals surface area contributed by atoms with E-state index in [1.54, 1.807) is 0 Å². The summed E-state index contributed by atoms with van der Waals surface area (Å²) >= 11 is 0. The van der Waals surface area contributed by atoms with Gasteiger partial charge in [0.05, 0.1) is 12.0 Å². The lowest BCUT2D eigenvalue weighted by Gasteiger charge is -2.34. The number of aromatic amines is 1. The summed E-state index contributed by atoms with van der Waals surface area (Å²) in [6, 6.07) is 33.9. The van der Waals surface area contributed by atoms with Crippen LogP contribution in [0.4, 0.5) is 0 Å². The average molecular weight is 375 g/mol. The number of hydrogen-bond acceptors (Lipinski definition) is 2. The van der Waals surface area contributed by atoms with E-state index in [0.717, 1.165) is 34.6 Å². The van der Waals surface area contributed by atoms with Gasteiger partial charge in [-0.05, 0) is 23.1 Å². The minimum Gasteiger partial charge on any atom is -0.344 e. The van der Waals surface area contributed by atoms with Crippen molar-refractivity contribution in [2.24, 2.45) is 5.92 Å². The van der Waals surface area contributed by atoms with Crippen molar-refractivity contribution in [3.05, 3.63) is 125 Å². The Morgan fingerprint density at radius 1 is 0.793 bits per heavy atom. The molecule has 2 atom stereocenters. The average Bonchev–Trinajstić information content (AvgIpc) is 3.44. The fourth-order valence-corrected chi connectivity index (χ4v) is 4.37. The van der Waals surface area contributed by atoms with Gasteiger partial charge in [0.2, 0.25) is 0 Å². The molecule has 1 aliphatic rings. The molecule has 4 aromatic rings. The maximum atomic E-state index is 9.25. The lowest BCUT2D eigenvalue weighted by molar-refractivity contribution is 0.689. The standard InChI is InChI=1S/C26H21N3/c27-17-19-16-23(19)24-18-28-25(29-24)26(20-10-4-1-5-11-20,21-12-6-2-7-13-21)22-14-8-3-9-15-22/h1-15,18-19,23H,16H2,(H,28,29). The quantitative estimate of drug-likeness (QED) is 0.474. The third kappa shape index (κ3) is 2.85. The summed E-state index contributed by atoms with van der Waals surface area (Å²) in [5, 5.41) is 9.25. The molecule has 1 fully saturated rings. The Labute approximate surface area is 170 Å². The van der Waals surface area contributed by atoms with Crippen LogP contribution in [0.2, 0.25) is 0 Å². The topological polar surface area (TPSA) is 52.5 Å². The monoisotopic (exact) mass is 375 g/mol. The summed E-state index contributed by atoms with van der Waals surface area (Å²) in [6.07, 6.45) is 2.83. The molecule has 0 radical (unpaired) electrons. The third-order valence-electron chi connectivity index (χ3n) is 5.93. The minimum absolute atomic E-state index is 0.0999. The number of nitrogens with zero attached hydrogens (tertiary/aromatic N) is 2. The van der Waals surface area contributed by atoms with Crippen LogP contribution in [0, 0.1) is 17.2 Å². The van der Waals surface area contributed by atoms with Gasteiger partial charge >= 0.3 is 0 Å². The van der Waals surface area contributed by atoms with Crippen LogP contribution in [0.5, 0.6) is 0 Å². The van der Waals surface area contributed by atoms with Gasteiger partial charge in [-0.15, -0.1) is 0 Å². The van der Waals surface area contributed by atoms with Gasteiger partial charge in [0.25, 0.3) is 0 Å². The highest BCUT2D eigenvalue weighted by molar-refractivity contribution is 5.56. The lowest BCUT2D eigenvalue weighted by Crippen LogP contribution is -2.32. The Kier molecular flexibility index (Phi) is 4.26. The first-order valence-electron chi connectivity index (χ1n) is 9.95. The molecule has 1 saturated carbocycles. The largest absolute Gasteiger partial charge is 0.344 e. The lowest BCUT2D eigenvalue weighted by atomic mass is 9.69. The van der Waals surface area contributed by atoms with Crippen molar-refractivity contribution in [3.63, 3.8) is 0 Å². The molecule has 0 saturated heterocycles. The van der Waals surface area contributed by atoms with E-state index in [9.17, 15) is 5.26 Å². The summed E-state index contributed by atoms with van der Waals surface area (Å²) < 4.78 is 0. The van der Waals surface area contributed by atoms with Crippen molar-refractivity contribution < 1.29 is 0 Å². The van der Waals surface area contributed by atoms with Crippen LogP contribution in [0.15, 0.2) is 97.2 Å². The van der Waals surface area contributed by atoms with Crippen LogP contribution in [0.1, 0.15) is 40.5 Å². The Morgan fingerprint density at radius 2 is 1.28 bits per heavy atom. The fraction of sp³-hybridized carbons (Fsp3) is 0.154. The molecule has 1 aliphatic carbocycles. The highest BCUT2D eigenvalue weighted by Gasteiger charge is 2.44. The zero-order valence-electron chi connectivity index (χ0n) is 16.0. The number of rotatable bonds is 5. The SMILES string of the molecule is N#CC1CC1c1cnc(C(c2ccccc2)(c2ccccc2)c2ccccc2)[nH]1. The summed E-state index contributed by atoms with van der Waals surface area (Å²) in [4.78, 5) is 8.50. The van der Waals surface area contributed by atoms with E-state index in [1.165, 1.54) is 0 Å². The number of nitrogens with one attached hydrogen (secondary N) is 1. The molecule has 0 spiro atoms. The number of nitriles is 1. The van der Waals surface area contributed by atoms with Crippen molar-refractivity contribution in [2.45, 2.75) is 17.8 Å². The van der Waals surface area contributed by atoms with Gasteiger partial charge in [-0.25, -0.2) is 4.98 Å². The summed E-state index contributed by atoms with van der Waals surface area (Å²) in [6.45, 7) is 0. The smallest absolute Gasteiger partial charge is 0.125 e. The number of hydrogen-bond donors (Lipinski definition) is 1. The zero-order valence-corrected chi connectivity index (χ0v) is 16.0. The molecule has 140 valence electrons. The first-order valence-corrected chi connectivity index (χ1v) is 9.95. The molecule has 29 heavy (non-hydrogen) atoms. The minimum atomic E-state index is -0.556. The molecule has 1 N–H and O–H groups in total. The van der Waals surface area contributed by atoms with Crippen LogP contribution in [0.3, 0.4) is 0 Å². The number of benzene rings is 3. The van der Waals surface area contributed by atoms with E-state index in [-0.39, 0.29) is 11.8 Å². The maximum Gasteiger partial charge on any atom is 0.125 e. The number of H-pyrrole nitrogens is 1. The van der Waals surface area contributed by atoms with Gasteiger partial charge in [0.15, 0.2) is 0 Å². The molecule has 3 aromatic carbocycles. The number of aromatic nitrogens is 2. The van der Waals surface area contributed by atoms with Crippen molar-refractivity contribution in [1.29, 1.82) is 5.26 Å². The predicted octanol–water partition coefficient (Wildman–Crippen LogP) is 5.42. The van der Waals surface area contributed by atoms with Crippen LogP contribution in [-0.2, 0) is 5.41 Å².